The summed E-state index contributed by atoms with van der Waals surface area (Å²) in [5, 5.41) is 26.1. The van der Waals surface area contributed by atoms with Crippen LogP contribution in [0.25, 0.3) is 11.1 Å². The van der Waals surface area contributed by atoms with Crippen molar-refractivity contribution in [2.45, 2.75) is 0 Å². The first-order chi connectivity index (χ1) is 25.1. The van der Waals surface area contributed by atoms with Gasteiger partial charge in [0.1, 0.15) is 0 Å². The van der Waals surface area contributed by atoms with E-state index in [9.17, 15) is 39.0 Å². The van der Waals surface area contributed by atoms with Crippen molar-refractivity contribution in [1.82, 2.24) is 0 Å². The van der Waals surface area contributed by atoms with Crippen LogP contribution in [0.4, 0.5) is 22.7 Å². The summed E-state index contributed by atoms with van der Waals surface area (Å²) in [4.78, 5) is 78.1. The van der Waals surface area contributed by atoms with Gasteiger partial charge in [0.05, 0.1) is 33.6 Å². The monoisotopic (exact) mass is 684 g/mol. The summed E-state index contributed by atoms with van der Waals surface area (Å²) in [7, 11) is 0. The van der Waals surface area contributed by atoms with E-state index in [2.05, 4.69) is 10.6 Å². The molecule has 52 heavy (non-hydrogen) atoms. The molecule has 10 heteroatoms. The van der Waals surface area contributed by atoms with E-state index < -0.39 is 23.5 Å². The van der Waals surface area contributed by atoms with Crippen LogP contribution >= 0.6 is 0 Å². The van der Waals surface area contributed by atoms with Gasteiger partial charge >= 0.3 is 11.9 Å². The Morgan fingerprint density at radius 3 is 1.04 bits per heavy atom. The molecule has 0 atom stereocenters. The zero-order chi connectivity index (χ0) is 36.3. The van der Waals surface area contributed by atoms with Gasteiger partial charge in [0, 0.05) is 44.8 Å². The molecule has 2 aliphatic rings. The maximum absolute atomic E-state index is 13.6. The van der Waals surface area contributed by atoms with Gasteiger partial charge in [-0.05, 0) is 59.7 Å². The molecule has 4 N–H and O–H groups in total. The Balaban J connectivity index is 1.08. The van der Waals surface area contributed by atoms with Gasteiger partial charge in [0.25, 0.3) is 0 Å². The van der Waals surface area contributed by atoms with Crippen molar-refractivity contribution in [2.75, 3.05) is 10.6 Å². The van der Waals surface area contributed by atoms with Crippen LogP contribution in [0.1, 0.15) is 84.4 Å². The second kappa shape index (κ2) is 12.1. The zero-order valence-corrected chi connectivity index (χ0v) is 26.9. The number of aromatic carboxylic acids is 2. The van der Waals surface area contributed by atoms with Gasteiger partial charge in [0.15, 0.2) is 23.1 Å². The molecule has 0 aromatic heterocycles. The van der Waals surface area contributed by atoms with Crippen LogP contribution in [0.2, 0.25) is 0 Å². The summed E-state index contributed by atoms with van der Waals surface area (Å²) in [6.07, 6.45) is 0. The number of carbonyl (C=O) groups excluding carboxylic acids is 4. The first kappa shape index (κ1) is 31.8. The van der Waals surface area contributed by atoms with E-state index in [4.69, 9.17) is 0 Å². The van der Waals surface area contributed by atoms with E-state index in [1.165, 1.54) is 24.3 Å². The molecule has 0 fully saturated rings. The smallest absolute Gasteiger partial charge is 0.337 e. The summed E-state index contributed by atoms with van der Waals surface area (Å²) >= 11 is 0. The molecule has 0 aliphatic heterocycles. The highest BCUT2D eigenvalue weighted by molar-refractivity contribution is 6.32. The number of carboxylic acid groups (broad SMARTS) is 2. The van der Waals surface area contributed by atoms with Crippen molar-refractivity contribution >= 4 is 57.8 Å². The van der Waals surface area contributed by atoms with Gasteiger partial charge in [-0.25, -0.2) is 9.59 Å². The number of carboxylic acids is 2. The predicted molar refractivity (Wildman–Crippen MR) is 192 cm³/mol. The maximum atomic E-state index is 13.6. The lowest BCUT2D eigenvalue weighted by Gasteiger charge is -2.22. The highest BCUT2D eigenvalue weighted by Crippen LogP contribution is 2.38. The molecular weight excluding hydrogens is 660 g/mol. The minimum absolute atomic E-state index is 0.00298. The lowest BCUT2D eigenvalue weighted by atomic mass is 9.82. The molecule has 0 unspecified atom stereocenters. The Bertz CT molecular complexity index is 2410. The van der Waals surface area contributed by atoms with Crippen molar-refractivity contribution in [3.8, 4) is 11.1 Å². The van der Waals surface area contributed by atoms with E-state index in [1.807, 2.05) is 0 Å². The second-order valence-electron chi connectivity index (χ2n) is 12.2. The van der Waals surface area contributed by atoms with Gasteiger partial charge in [-0.1, -0.05) is 72.8 Å². The van der Waals surface area contributed by atoms with Crippen LogP contribution in [0.15, 0.2) is 121 Å². The van der Waals surface area contributed by atoms with E-state index in [1.54, 1.807) is 97.1 Å². The number of anilines is 4. The third-order valence-electron chi connectivity index (χ3n) is 9.29. The van der Waals surface area contributed by atoms with Crippen LogP contribution < -0.4 is 10.6 Å². The van der Waals surface area contributed by atoms with E-state index >= 15 is 0 Å². The number of hydrogen-bond donors (Lipinski definition) is 4. The van der Waals surface area contributed by atoms with Crippen molar-refractivity contribution < 1.29 is 39.0 Å². The number of carbonyl (C=O) groups is 6. The predicted octanol–water partition coefficient (Wildman–Crippen LogP) is 7.79. The fourth-order valence-corrected chi connectivity index (χ4v) is 6.77. The highest BCUT2D eigenvalue weighted by atomic mass is 16.4. The average Bonchev–Trinajstić information content (AvgIpc) is 3.16. The quantitative estimate of drug-likeness (QED) is 0.130. The number of hydrogen-bond acceptors (Lipinski definition) is 8. The largest absolute Gasteiger partial charge is 0.478 e. The minimum atomic E-state index is -1.26. The number of rotatable bonds is 7. The second-order valence-corrected chi connectivity index (χ2v) is 12.2. The first-order valence-electron chi connectivity index (χ1n) is 16.0. The molecule has 0 saturated heterocycles. The molecule has 0 saturated carbocycles. The molecule has 0 bridgehead atoms. The fraction of sp³-hybridized carbons (Fsp3) is 0. The van der Waals surface area contributed by atoms with Crippen molar-refractivity contribution in [2.24, 2.45) is 0 Å². The van der Waals surface area contributed by atoms with Crippen LogP contribution in [-0.4, -0.2) is 45.3 Å². The van der Waals surface area contributed by atoms with Crippen LogP contribution in [0.5, 0.6) is 0 Å². The number of fused-ring (bicyclic) bond motifs is 4. The third-order valence-corrected chi connectivity index (χ3v) is 9.29. The Kier molecular flexibility index (Phi) is 7.42. The Morgan fingerprint density at radius 2 is 0.712 bits per heavy atom. The van der Waals surface area contributed by atoms with Crippen molar-refractivity contribution in [3.63, 3.8) is 0 Å². The topological polar surface area (TPSA) is 167 Å². The van der Waals surface area contributed by atoms with Gasteiger partial charge < -0.3 is 20.8 Å². The summed E-state index contributed by atoms with van der Waals surface area (Å²) in [5.74, 6) is -4.16. The van der Waals surface area contributed by atoms with Crippen molar-refractivity contribution in [3.05, 3.63) is 177 Å². The third kappa shape index (κ3) is 5.05. The lowest BCUT2D eigenvalue weighted by molar-refractivity contribution is 0.0687. The summed E-state index contributed by atoms with van der Waals surface area (Å²) < 4.78 is 0. The summed E-state index contributed by atoms with van der Waals surface area (Å²) in [5.41, 5.74) is 3.42. The Labute approximate surface area is 295 Å². The van der Waals surface area contributed by atoms with E-state index in [0.29, 0.717) is 11.4 Å². The van der Waals surface area contributed by atoms with E-state index in [0.717, 1.165) is 11.1 Å². The van der Waals surface area contributed by atoms with E-state index in [-0.39, 0.29) is 78.6 Å². The molecule has 250 valence electrons. The highest BCUT2D eigenvalue weighted by Gasteiger charge is 2.35. The molecule has 10 nitrogen and oxygen atoms in total. The standard InChI is InChI=1S/C42H24N2O8/c45-37-25-5-1-3-7-27(25)39(47)33-29(37)17-19-31(41(49)50)35(33)43-23-13-9-21(10-14-23)22-11-15-24(16-12-22)44-36-32(42(51)52)20-18-30-34(36)40(48)28-8-4-2-6-26(28)38(30)46/h1-20,43-44H,(H,49,50)(H,51,52). The molecular formula is C42H24N2O8. The minimum Gasteiger partial charge on any atom is -0.478 e. The Hall–Kier alpha value is -7.46. The molecule has 0 amide bonds. The molecule has 6 aromatic rings. The van der Waals surface area contributed by atoms with Gasteiger partial charge in [0.2, 0.25) is 0 Å². The summed E-state index contributed by atoms with van der Waals surface area (Å²) in [6, 6.07) is 32.2. The summed E-state index contributed by atoms with van der Waals surface area (Å²) in [6.45, 7) is 0. The molecule has 2 aliphatic carbocycles. The molecule has 0 spiro atoms. The normalized spacial score (nSPS) is 12.7. The number of ketones is 4. The lowest BCUT2D eigenvalue weighted by Crippen LogP contribution is -2.23. The number of nitrogens with one attached hydrogen (secondary N) is 2. The van der Waals surface area contributed by atoms with Gasteiger partial charge in [-0.2, -0.15) is 0 Å². The molecule has 8 rings (SSSR count). The molecule has 0 heterocycles. The molecule has 6 aromatic carbocycles. The van der Waals surface area contributed by atoms with Crippen LogP contribution in [-0.2, 0) is 0 Å². The average molecular weight is 685 g/mol. The SMILES string of the molecule is O=C(O)c1ccc2c(c1Nc1ccc(-c3ccc(Nc4c(C(=O)O)ccc5c4C(=O)c4ccccc4C5=O)cc3)cc1)C(=O)c1ccccc1C2=O. The Morgan fingerprint density at radius 1 is 0.385 bits per heavy atom. The van der Waals surface area contributed by atoms with Gasteiger partial charge in [-0.3, -0.25) is 19.2 Å². The van der Waals surface area contributed by atoms with Gasteiger partial charge in [-0.15, -0.1) is 0 Å². The first-order valence-corrected chi connectivity index (χ1v) is 16.0. The molecule has 0 radical (unpaired) electrons. The number of benzene rings is 6. The van der Waals surface area contributed by atoms with Crippen molar-refractivity contribution in [1.29, 1.82) is 0 Å². The van der Waals surface area contributed by atoms with Crippen LogP contribution in [0.3, 0.4) is 0 Å². The zero-order valence-electron chi connectivity index (χ0n) is 26.9. The fourth-order valence-electron chi connectivity index (χ4n) is 6.77. The maximum Gasteiger partial charge on any atom is 0.337 e. The van der Waals surface area contributed by atoms with Crippen LogP contribution in [0, 0.1) is 0 Å².